The van der Waals surface area contributed by atoms with E-state index in [1.807, 2.05) is 0 Å². The van der Waals surface area contributed by atoms with Crippen LogP contribution in [-0.2, 0) is 20.3 Å². The molecule has 1 aromatic carbocycles. The van der Waals surface area contributed by atoms with Crippen LogP contribution in [0.3, 0.4) is 0 Å². The third kappa shape index (κ3) is 6.76. The molecule has 0 aliphatic rings. The molecular formula is C17H21F6NO5S. The molecule has 172 valence electrons. The first-order valence-corrected chi connectivity index (χ1v) is 10.1. The lowest BCUT2D eigenvalue weighted by molar-refractivity contribution is -0.305. The number of carbonyl (C=O) groups excluding carboxylic acids is 1. The summed E-state index contributed by atoms with van der Waals surface area (Å²) in [6.07, 6.45) is -15.3. The molecule has 0 spiro atoms. The zero-order valence-corrected chi connectivity index (χ0v) is 17.0. The van der Waals surface area contributed by atoms with Gasteiger partial charge in [-0.05, 0) is 51.3 Å². The molecule has 0 heterocycles. The molecule has 0 unspecified atom stereocenters. The quantitative estimate of drug-likeness (QED) is 0.452. The molecule has 0 aliphatic carbocycles. The van der Waals surface area contributed by atoms with E-state index in [1.165, 1.54) is 0 Å². The highest BCUT2D eigenvalue weighted by molar-refractivity contribution is 7.85. The van der Waals surface area contributed by atoms with Crippen molar-refractivity contribution in [1.82, 2.24) is 0 Å². The standard InChI is InChI=1S/C17H21F6NO5S/c1-14(2,3)29-13(25)24-12-7-5-11(6-8-12)15(16(18,19)20,17(21,22)23)9-4-10-30(26,27)28/h5-8H,4,9-10H2,1-3H3,(H,24,25)(H,26,27,28). The monoisotopic (exact) mass is 465 g/mol. The Morgan fingerprint density at radius 2 is 1.47 bits per heavy atom. The molecule has 0 aliphatic heterocycles. The molecule has 0 bridgehead atoms. The maximum absolute atomic E-state index is 13.7. The van der Waals surface area contributed by atoms with Crippen molar-refractivity contribution in [1.29, 1.82) is 0 Å². The maximum atomic E-state index is 13.7. The normalized spacial score (nSPS) is 13.8. The van der Waals surface area contributed by atoms with Crippen molar-refractivity contribution in [3.8, 4) is 0 Å². The summed E-state index contributed by atoms with van der Waals surface area (Å²) in [6, 6.07) is 2.77. The summed E-state index contributed by atoms with van der Waals surface area (Å²) in [4.78, 5) is 11.7. The number of halogens is 6. The Morgan fingerprint density at radius 1 is 1.00 bits per heavy atom. The van der Waals surface area contributed by atoms with Gasteiger partial charge >= 0.3 is 18.4 Å². The van der Waals surface area contributed by atoms with Gasteiger partial charge in [0.2, 0.25) is 0 Å². The van der Waals surface area contributed by atoms with E-state index in [9.17, 15) is 39.6 Å². The van der Waals surface area contributed by atoms with Crippen molar-refractivity contribution < 1.29 is 48.8 Å². The average molecular weight is 465 g/mol. The van der Waals surface area contributed by atoms with Gasteiger partial charge in [-0.15, -0.1) is 0 Å². The number of ether oxygens (including phenoxy) is 1. The number of hydrogen-bond donors (Lipinski definition) is 2. The number of carbonyl (C=O) groups is 1. The van der Waals surface area contributed by atoms with Crippen LogP contribution in [0.1, 0.15) is 39.2 Å². The van der Waals surface area contributed by atoms with Crippen LogP contribution in [0.5, 0.6) is 0 Å². The molecule has 0 radical (unpaired) electrons. The van der Waals surface area contributed by atoms with E-state index in [1.54, 1.807) is 20.8 Å². The smallest absolute Gasteiger partial charge is 0.412 e. The van der Waals surface area contributed by atoms with Gasteiger partial charge in [-0.25, -0.2) is 4.79 Å². The molecular weight excluding hydrogens is 444 g/mol. The molecule has 0 saturated carbocycles. The van der Waals surface area contributed by atoms with Crippen molar-refractivity contribution >= 4 is 21.9 Å². The second kappa shape index (κ2) is 8.61. The first-order valence-electron chi connectivity index (χ1n) is 8.48. The number of alkyl halides is 6. The Morgan fingerprint density at radius 3 is 1.83 bits per heavy atom. The van der Waals surface area contributed by atoms with Crippen molar-refractivity contribution in [3.05, 3.63) is 29.8 Å². The Kier molecular flexibility index (Phi) is 7.47. The highest BCUT2D eigenvalue weighted by atomic mass is 32.2. The highest BCUT2D eigenvalue weighted by Crippen LogP contribution is 2.55. The summed E-state index contributed by atoms with van der Waals surface area (Å²) < 4.78 is 117. The fourth-order valence-corrected chi connectivity index (χ4v) is 3.20. The van der Waals surface area contributed by atoms with Gasteiger partial charge in [0.1, 0.15) is 5.60 Å². The van der Waals surface area contributed by atoms with Crippen LogP contribution in [0.4, 0.5) is 36.8 Å². The van der Waals surface area contributed by atoms with Gasteiger partial charge < -0.3 is 4.74 Å². The van der Waals surface area contributed by atoms with Gasteiger partial charge in [-0.1, -0.05) is 12.1 Å². The number of anilines is 1. The first kappa shape index (κ1) is 26.0. The van der Waals surface area contributed by atoms with Gasteiger partial charge in [0, 0.05) is 5.69 Å². The maximum Gasteiger partial charge on any atom is 0.412 e. The molecule has 6 nitrogen and oxygen atoms in total. The van der Waals surface area contributed by atoms with Crippen LogP contribution in [0.15, 0.2) is 24.3 Å². The molecule has 2 N–H and O–H groups in total. The van der Waals surface area contributed by atoms with Crippen LogP contribution in [0.2, 0.25) is 0 Å². The Bertz CT molecular complexity index is 827. The third-order valence-electron chi connectivity index (χ3n) is 3.94. The van der Waals surface area contributed by atoms with E-state index in [4.69, 9.17) is 9.29 Å². The first-order chi connectivity index (χ1) is 13.3. The summed E-state index contributed by atoms with van der Waals surface area (Å²) in [5.41, 5.74) is -6.54. The molecule has 1 amide bonds. The topological polar surface area (TPSA) is 92.7 Å². The number of hydrogen-bond acceptors (Lipinski definition) is 4. The van der Waals surface area contributed by atoms with E-state index >= 15 is 0 Å². The van der Waals surface area contributed by atoms with Crippen LogP contribution >= 0.6 is 0 Å². The zero-order chi connectivity index (χ0) is 23.6. The van der Waals surface area contributed by atoms with Crippen molar-refractivity contribution in [2.75, 3.05) is 11.1 Å². The summed E-state index contributed by atoms with van der Waals surface area (Å²) in [5, 5.41) is 2.18. The summed E-state index contributed by atoms with van der Waals surface area (Å²) in [5.74, 6) is -1.26. The van der Waals surface area contributed by atoms with E-state index in [2.05, 4.69) is 5.32 Å². The van der Waals surface area contributed by atoms with E-state index in [0.29, 0.717) is 12.1 Å². The summed E-state index contributed by atoms with van der Waals surface area (Å²) in [6.45, 7) is 4.68. The largest absolute Gasteiger partial charge is 0.444 e. The minimum absolute atomic E-state index is 0.107. The van der Waals surface area contributed by atoms with Crippen molar-refractivity contribution in [2.45, 2.75) is 57.0 Å². The molecule has 0 atom stereocenters. The Balaban J connectivity index is 3.29. The molecule has 0 saturated heterocycles. The second-order valence-corrected chi connectivity index (χ2v) is 9.07. The van der Waals surface area contributed by atoms with Gasteiger partial charge in [0.15, 0.2) is 5.41 Å². The second-order valence-electron chi connectivity index (χ2n) is 7.49. The van der Waals surface area contributed by atoms with Gasteiger partial charge in [-0.3, -0.25) is 9.87 Å². The minimum atomic E-state index is -5.81. The fourth-order valence-electron chi connectivity index (χ4n) is 2.70. The number of amides is 1. The number of rotatable bonds is 6. The van der Waals surface area contributed by atoms with E-state index in [-0.39, 0.29) is 5.69 Å². The molecule has 30 heavy (non-hydrogen) atoms. The summed E-state index contributed by atoms with van der Waals surface area (Å²) >= 11 is 0. The number of benzene rings is 1. The fraction of sp³-hybridized carbons (Fsp3) is 0.588. The predicted octanol–water partition coefficient (Wildman–Crippen LogP) is 5.06. The molecule has 1 rings (SSSR count). The predicted molar refractivity (Wildman–Crippen MR) is 95.7 cm³/mol. The third-order valence-corrected chi connectivity index (χ3v) is 4.75. The lowest BCUT2D eigenvalue weighted by Gasteiger charge is -2.38. The van der Waals surface area contributed by atoms with Gasteiger partial charge in [-0.2, -0.15) is 34.8 Å². The Labute approximate surface area is 169 Å². The zero-order valence-electron chi connectivity index (χ0n) is 16.2. The SMILES string of the molecule is CC(C)(C)OC(=O)Nc1ccc(C(CCCS(=O)(=O)O)(C(F)(F)F)C(F)(F)F)cc1. The highest BCUT2D eigenvalue weighted by Gasteiger charge is 2.70. The van der Waals surface area contributed by atoms with Crippen LogP contribution in [-0.4, -0.2) is 42.8 Å². The van der Waals surface area contributed by atoms with Crippen molar-refractivity contribution in [3.63, 3.8) is 0 Å². The lowest BCUT2D eigenvalue weighted by Crippen LogP contribution is -2.54. The lowest BCUT2D eigenvalue weighted by atomic mass is 9.75. The van der Waals surface area contributed by atoms with Crippen LogP contribution in [0, 0.1) is 0 Å². The molecule has 0 fully saturated rings. The van der Waals surface area contributed by atoms with Crippen LogP contribution in [0.25, 0.3) is 0 Å². The number of nitrogens with one attached hydrogen (secondary N) is 1. The van der Waals surface area contributed by atoms with Crippen LogP contribution < -0.4 is 5.32 Å². The average Bonchev–Trinajstić information content (AvgIpc) is 2.47. The molecule has 13 heteroatoms. The van der Waals surface area contributed by atoms with Crippen molar-refractivity contribution in [2.24, 2.45) is 0 Å². The van der Waals surface area contributed by atoms with Gasteiger partial charge in [0.25, 0.3) is 10.1 Å². The molecule has 0 aromatic heterocycles. The van der Waals surface area contributed by atoms with Gasteiger partial charge in [0.05, 0.1) is 5.75 Å². The minimum Gasteiger partial charge on any atom is -0.444 e. The van der Waals surface area contributed by atoms with E-state index < -0.39 is 63.7 Å². The van der Waals surface area contributed by atoms with E-state index in [0.717, 1.165) is 12.1 Å². The Hall–Kier alpha value is -2.02. The summed E-state index contributed by atoms with van der Waals surface area (Å²) in [7, 11) is -4.75. The molecule has 1 aromatic rings.